The molecule has 1 saturated heterocycles. The van der Waals surface area contributed by atoms with Gasteiger partial charge in [-0.25, -0.2) is 0 Å². The maximum Gasteiger partial charge on any atom is 0.121 e. The Labute approximate surface area is 116 Å². The smallest absolute Gasteiger partial charge is 0.121 e. The predicted octanol–water partition coefficient (Wildman–Crippen LogP) is 3.68. The minimum Gasteiger partial charge on any atom is -0.497 e. The first-order valence-corrected chi connectivity index (χ1v) is 7.32. The number of hydrogen-bond acceptors (Lipinski definition) is 3. The molecule has 19 heavy (non-hydrogen) atoms. The highest BCUT2D eigenvalue weighted by atomic mass is 16.5. The van der Waals surface area contributed by atoms with Crippen LogP contribution in [-0.4, -0.2) is 20.2 Å². The summed E-state index contributed by atoms with van der Waals surface area (Å²) in [6, 6.07) is 5.92. The van der Waals surface area contributed by atoms with Crippen LogP contribution in [0.2, 0.25) is 0 Å². The number of methoxy groups -OCH3 is 1. The first-order chi connectivity index (χ1) is 9.14. The molecule has 1 aromatic carbocycles. The Hall–Kier alpha value is -1.38. The topological polar surface area (TPSA) is 38.5 Å². The average molecular weight is 262 g/mol. The molecule has 3 heteroatoms. The van der Waals surface area contributed by atoms with Gasteiger partial charge < -0.3 is 15.4 Å². The second-order valence-electron chi connectivity index (χ2n) is 5.62. The molecule has 0 bridgehead atoms. The van der Waals surface area contributed by atoms with E-state index in [1.165, 1.54) is 25.7 Å². The van der Waals surface area contributed by atoms with Crippen molar-refractivity contribution in [3.63, 3.8) is 0 Å². The number of anilines is 2. The summed E-state index contributed by atoms with van der Waals surface area (Å²) in [6.45, 7) is 6.83. The second-order valence-corrected chi connectivity index (χ2v) is 5.62. The third kappa shape index (κ3) is 2.80. The highest BCUT2D eigenvalue weighted by Gasteiger charge is 2.31. The molecule has 0 aromatic heterocycles. The van der Waals surface area contributed by atoms with Crippen molar-refractivity contribution in [2.24, 2.45) is 5.41 Å². The van der Waals surface area contributed by atoms with Crippen LogP contribution in [0.1, 0.15) is 39.5 Å². The molecule has 3 nitrogen and oxygen atoms in total. The van der Waals surface area contributed by atoms with E-state index in [9.17, 15) is 0 Å². The normalized spacial score (nSPS) is 18.4. The van der Waals surface area contributed by atoms with E-state index in [0.717, 1.165) is 30.2 Å². The van der Waals surface area contributed by atoms with Crippen LogP contribution in [0.4, 0.5) is 11.4 Å². The molecule has 106 valence electrons. The third-order valence-corrected chi connectivity index (χ3v) is 4.90. The van der Waals surface area contributed by atoms with Crippen LogP contribution in [0.3, 0.4) is 0 Å². The van der Waals surface area contributed by atoms with Crippen molar-refractivity contribution in [2.45, 2.75) is 39.5 Å². The van der Waals surface area contributed by atoms with E-state index in [1.54, 1.807) is 7.11 Å². The molecule has 1 aromatic rings. The number of rotatable bonds is 4. The van der Waals surface area contributed by atoms with Crippen molar-refractivity contribution in [1.29, 1.82) is 0 Å². The molecule has 0 radical (unpaired) electrons. The summed E-state index contributed by atoms with van der Waals surface area (Å²) in [6.07, 6.45) is 5.09. The lowest BCUT2D eigenvalue weighted by Crippen LogP contribution is -2.39. The van der Waals surface area contributed by atoms with Gasteiger partial charge in [0, 0.05) is 19.2 Å². The molecule has 0 amide bonds. The van der Waals surface area contributed by atoms with Crippen molar-refractivity contribution in [1.82, 2.24) is 0 Å². The Morgan fingerprint density at radius 2 is 1.84 bits per heavy atom. The highest BCUT2D eigenvalue weighted by molar-refractivity contribution is 5.69. The zero-order valence-electron chi connectivity index (χ0n) is 12.4. The minimum absolute atomic E-state index is 0.546. The number of nitrogen functional groups attached to an aromatic ring is 1. The first-order valence-electron chi connectivity index (χ1n) is 7.32. The van der Waals surface area contributed by atoms with Crippen LogP contribution in [0, 0.1) is 5.41 Å². The maximum absolute atomic E-state index is 6.11. The van der Waals surface area contributed by atoms with Crippen molar-refractivity contribution in [3.05, 3.63) is 18.2 Å². The van der Waals surface area contributed by atoms with Crippen molar-refractivity contribution < 1.29 is 4.74 Å². The third-order valence-electron chi connectivity index (χ3n) is 4.90. The Kier molecular flexibility index (Phi) is 4.23. The van der Waals surface area contributed by atoms with Crippen LogP contribution >= 0.6 is 0 Å². The predicted molar refractivity (Wildman–Crippen MR) is 81.9 cm³/mol. The van der Waals surface area contributed by atoms with E-state index < -0.39 is 0 Å². The molecule has 2 N–H and O–H groups in total. The molecule has 0 spiro atoms. The van der Waals surface area contributed by atoms with Gasteiger partial charge in [-0.15, -0.1) is 0 Å². The molecule has 2 rings (SSSR count). The van der Waals surface area contributed by atoms with E-state index in [0.29, 0.717) is 5.41 Å². The lowest BCUT2D eigenvalue weighted by atomic mass is 9.74. The van der Waals surface area contributed by atoms with Gasteiger partial charge in [0.2, 0.25) is 0 Å². The van der Waals surface area contributed by atoms with Crippen molar-refractivity contribution in [3.8, 4) is 5.75 Å². The van der Waals surface area contributed by atoms with Gasteiger partial charge in [0.1, 0.15) is 5.75 Å². The molecule has 1 heterocycles. The zero-order chi connectivity index (χ0) is 13.9. The van der Waals surface area contributed by atoms with Crippen LogP contribution < -0.4 is 15.4 Å². The Morgan fingerprint density at radius 3 is 2.37 bits per heavy atom. The van der Waals surface area contributed by atoms with Crippen LogP contribution in [0.15, 0.2) is 18.2 Å². The monoisotopic (exact) mass is 262 g/mol. The van der Waals surface area contributed by atoms with Gasteiger partial charge in [0.05, 0.1) is 18.5 Å². The van der Waals surface area contributed by atoms with E-state index >= 15 is 0 Å². The second kappa shape index (κ2) is 5.72. The fourth-order valence-electron chi connectivity index (χ4n) is 3.10. The summed E-state index contributed by atoms with van der Waals surface area (Å²) in [5, 5.41) is 0. The number of benzene rings is 1. The fraction of sp³-hybridized carbons (Fsp3) is 0.625. The molecule has 0 saturated carbocycles. The molecule has 0 atom stereocenters. The lowest BCUT2D eigenvalue weighted by Gasteiger charge is -2.42. The number of nitrogens with zero attached hydrogens (tertiary/aromatic N) is 1. The molecular formula is C16H26N2O. The molecule has 0 unspecified atom stereocenters. The summed E-state index contributed by atoms with van der Waals surface area (Å²) in [4.78, 5) is 2.40. The summed E-state index contributed by atoms with van der Waals surface area (Å²) in [7, 11) is 1.70. The minimum atomic E-state index is 0.546. The van der Waals surface area contributed by atoms with Crippen LogP contribution in [0.25, 0.3) is 0 Å². The fourth-order valence-corrected chi connectivity index (χ4v) is 3.10. The Balaban J connectivity index is 2.13. The van der Waals surface area contributed by atoms with Gasteiger partial charge in [0.25, 0.3) is 0 Å². The molecule has 0 aliphatic carbocycles. The van der Waals surface area contributed by atoms with Crippen LogP contribution in [0.5, 0.6) is 5.75 Å². The lowest BCUT2D eigenvalue weighted by molar-refractivity contribution is 0.199. The highest BCUT2D eigenvalue weighted by Crippen LogP contribution is 2.40. The number of ether oxygens (including phenoxy) is 1. The van der Waals surface area contributed by atoms with Gasteiger partial charge in [-0.3, -0.25) is 0 Å². The summed E-state index contributed by atoms with van der Waals surface area (Å²) >= 11 is 0. The van der Waals surface area contributed by atoms with Gasteiger partial charge in [-0.2, -0.15) is 0 Å². The van der Waals surface area contributed by atoms with Gasteiger partial charge in [0.15, 0.2) is 0 Å². The molecule has 1 fully saturated rings. The molecule has 1 aliphatic heterocycles. The number of piperidine rings is 1. The Morgan fingerprint density at radius 1 is 1.21 bits per heavy atom. The van der Waals surface area contributed by atoms with Crippen molar-refractivity contribution >= 4 is 11.4 Å². The summed E-state index contributed by atoms with van der Waals surface area (Å²) in [5.41, 5.74) is 8.63. The zero-order valence-corrected chi connectivity index (χ0v) is 12.4. The van der Waals surface area contributed by atoms with Gasteiger partial charge >= 0.3 is 0 Å². The van der Waals surface area contributed by atoms with E-state index in [1.807, 2.05) is 12.1 Å². The Bertz CT molecular complexity index is 417. The average Bonchev–Trinajstić information content (AvgIpc) is 2.48. The van der Waals surface area contributed by atoms with Crippen molar-refractivity contribution in [2.75, 3.05) is 30.8 Å². The summed E-state index contributed by atoms with van der Waals surface area (Å²) < 4.78 is 5.30. The van der Waals surface area contributed by atoms with Gasteiger partial charge in [-0.1, -0.05) is 26.7 Å². The van der Waals surface area contributed by atoms with E-state index in [4.69, 9.17) is 10.5 Å². The van der Waals surface area contributed by atoms with Gasteiger partial charge in [-0.05, 0) is 30.4 Å². The standard InChI is InChI=1S/C16H26N2O/c1-4-16(5-2)8-10-18(11-9-16)15-12-13(19-3)6-7-14(15)17/h6-7,12H,4-5,8-11,17H2,1-3H3. The summed E-state index contributed by atoms with van der Waals surface area (Å²) in [5.74, 6) is 0.881. The van der Waals surface area contributed by atoms with E-state index in [2.05, 4.69) is 24.8 Å². The quantitative estimate of drug-likeness (QED) is 0.841. The van der Waals surface area contributed by atoms with E-state index in [-0.39, 0.29) is 0 Å². The largest absolute Gasteiger partial charge is 0.497 e. The molecule has 1 aliphatic rings. The SMILES string of the molecule is CCC1(CC)CCN(c2cc(OC)ccc2N)CC1. The van der Waals surface area contributed by atoms with Crippen LogP contribution in [-0.2, 0) is 0 Å². The molecular weight excluding hydrogens is 236 g/mol. The first kappa shape index (κ1) is 14.0. The maximum atomic E-state index is 6.11. The number of hydrogen-bond donors (Lipinski definition) is 1. The number of nitrogens with two attached hydrogens (primary N) is 1.